The number of aliphatic imine (C=N–C) groups is 1. The van der Waals surface area contributed by atoms with Crippen LogP contribution in [0.15, 0.2) is 29.3 Å². The summed E-state index contributed by atoms with van der Waals surface area (Å²) in [4.78, 5) is 10.8. The molecule has 19 heavy (non-hydrogen) atoms. The monoisotopic (exact) mass is 262 g/mol. The summed E-state index contributed by atoms with van der Waals surface area (Å²) in [6.45, 7) is 0.813. The number of nitrogens with zero attached hydrogens (tertiary/aromatic N) is 4. The zero-order chi connectivity index (χ0) is 14.4. The van der Waals surface area contributed by atoms with E-state index in [0.29, 0.717) is 0 Å². The molecule has 4 heteroatoms. The van der Waals surface area contributed by atoms with E-state index in [9.17, 15) is 0 Å². The van der Waals surface area contributed by atoms with Crippen LogP contribution in [0.4, 0.5) is 5.69 Å². The third kappa shape index (κ3) is 4.81. The lowest BCUT2D eigenvalue weighted by Crippen LogP contribution is -2.35. The Labute approximate surface area is 117 Å². The van der Waals surface area contributed by atoms with Gasteiger partial charge in [0.05, 0.1) is 0 Å². The molecule has 0 unspecified atom stereocenters. The van der Waals surface area contributed by atoms with Gasteiger partial charge in [-0.1, -0.05) is 12.1 Å². The first kappa shape index (κ1) is 15.3. The minimum absolute atomic E-state index is 0.813. The number of hydrogen-bond acceptors (Lipinski definition) is 2. The highest BCUT2D eigenvalue weighted by molar-refractivity contribution is 5.79. The Morgan fingerprint density at radius 1 is 0.895 bits per heavy atom. The van der Waals surface area contributed by atoms with Gasteiger partial charge in [-0.25, -0.2) is 0 Å². The van der Waals surface area contributed by atoms with Crippen LogP contribution < -0.4 is 4.90 Å². The van der Waals surface area contributed by atoms with Gasteiger partial charge in [0.25, 0.3) is 0 Å². The van der Waals surface area contributed by atoms with E-state index in [-0.39, 0.29) is 0 Å². The molecule has 0 saturated heterocycles. The van der Waals surface area contributed by atoms with Crippen LogP contribution in [0.25, 0.3) is 0 Å². The second-order valence-corrected chi connectivity index (χ2v) is 5.28. The zero-order valence-corrected chi connectivity index (χ0v) is 13.0. The van der Waals surface area contributed by atoms with Crippen LogP contribution in [0.5, 0.6) is 0 Å². The van der Waals surface area contributed by atoms with Crippen LogP contribution in [0.2, 0.25) is 0 Å². The largest absolute Gasteiger partial charge is 0.378 e. The van der Waals surface area contributed by atoms with Gasteiger partial charge in [-0.2, -0.15) is 0 Å². The minimum atomic E-state index is 0.813. The fourth-order valence-corrected chi connectivity index (χ4v) is 1.93. The van der Waals surface area contributed by atoms with E-state index in [4.69, 9.17) is 0 Å². The van der Waals surface area contributed by atoms with Crippen molar-refractivity contribution in [1.29, 1.82) is 0 Å². The van der Waals surface area contributed by atoms with Gasteiger partial charge in [0.15, 0.2) is 5.96 Å². The molecular formula is C15H26N4. The molecule has 0 heterocycles. The Balaban J connectivity index is 2.59. The maximum atomic E-state index is 4.63. The molecule has 0 bridgehead atoms. The molecule has 0 aromatic heterocycles. The summed E-state index contributed by atoms with van der Waals surface area (Å²) in [5.41, 5.74) is 2.56. The Kier molecular flexibility index (Phi) is 5.67. The second kappa shape index (κ2) is 7.02. The van der Waals surface area contributed by atoms with Crippen molar-refractivity contribution in [3.63, 3.8) is 0 Å². The van der Waals surface area contributed by atoms with Gasteiger partial charge in [-0.15, -0.1) is 0 Å². The van der Waals surface area contributed by atoms with Crippen LogP contribution >= 0.6 is 0 Å². The Morgan fingerprint density at radius 2 is 1.42 bits per heavy atom. The predicted molar refractivity (Wildman–Crippen MR) is 84.1 cm³/mol. The first-order valence-electron chi connectivity index (χ1n) is 6.57. The lowest BCUT2D eigenvalue weighted by molar-refractivity contribution is 0.479. The number of hydrogen-bond donors (Lipinski definition) is 0. The van der Waals surface area contributed by atoms with Crippen molar-refractivity contribution < 1.29 is 0 Å². The first-order chi connectivity index (χ1) is 8.91. The van der Waals surface area contributed by atoms with Crippen molar-refractivity contribution >= 4 is 11.6 Å². The quantitative estimate of drug-likeness (QED) is 0.610. The highest BCUT2D eigenvalue weighted by Gasteiger charge is 2.03. The molecular weight excluding hydrogens is 236 g/mol. The molecule has 0 aliphatic rings. The van der Waals surface area contributed by atoms with Crippen LogP contribution in [-0.4, -0.2) is 64.6 Å². The molecule has 1 rings (SSSR count). The molecule has 0 spiro atoms. The Hall–Kier alpha value is -1.71. The van der Waals surface area contributed by atoms with Gasteiger partial charge in [-0.3, -0.25) is 4.99 Å². The second-order valence-electron chi connectivity index (χ2n) is 5.28. The van der Waals surface area contributed by atoms with Gasteiger partial charge in [0.2, 0.25) is 0 Å². The molecule has 0 N–H and O–H groups in total. The van der Waals surface area contributed by atoms with Crippen molar-refractivity contribution in [2.24, 2.45) is 4.99 Å². The number of guanidine groups is 1. The van der Waals surface area contributed by atoms with Crippen molar-refractivity contribution in [2.45, 2.75) is 6.42 Å². The van der Waals surface area contributed by atoms with Crippen molar-refractivity contribution in [3.05, 3.63) is 29.8 Å². The fourth-order valence-electron chi connectivity index (χ4n) is 1.93. The van der Waals surface area contributed by atoms with Crippen LogP contribution in [0.1, 0.15) is 5.56 Å². The topological polar surface area (TPSA) is 22.1 Å². The van der Waals surface area contributed by atoms with E-state index < -0.39 is 0 Å². The van der Waals surface area contributed by atoms with E-state index in [1.165, 1.54) is 11.3 Å². The molecule has 1 aromatic carbocycles. The molecule has 106 valence electrons. The van der Waals surface area contributed by atoms with Crippen LogP contribution in [0.3, 0.4) is 0 Å². The molecule has 0 atom stereocenters. The fraction of sp³-hybridized carbons (Fsp3) is 0.533. The molecule has 0 fully saturated rings. The molecule has 0 saturated carbocycles. The smallest absolute Gasteiger partial charge is 0.195 e. The lowest BCUT2D eigenvalue weighted by Gasteiger charge is -2.22. The van der Waals surface area contributed by atoms with Crippen molar-refractivity contribution in [3.8, 4) is 0 Å². The molecule has 0 aliphatic carbocycles. The molecule has 0 radical (unpaired) electrons. The number of rotatable bonds is 4. The summed E-state index contributed by atoms with van der Waals surface area (Å²) in [5.74, 6) is 1.00. The van der Waals surface area contributed by atoms with Gasteiger partial charge < -0.3 is 14.7 Å². The summed E-state index contributed by atoms with van der Waals surface area (Å²) < 4.78 is 0. The Morgan fingerprint density at radius 3 is 1.84 bits per heavy atom. The SMILES string of the molecule is CN(C)C(=NCCc1ccc(N(C)C)cc1)N(C)C. The highest BCUT2D eigenvalue weighted by atomic mass is 15.3. The molecule has 1 aromatic rings. The van der Waals surface area contributed by atoms with Gasteiger partial charge in [0.1, 0.15) is 0 Å². The average Bonchev–Trinajstić information content (AvgIpc) is 2.34. The Bertz CT molecular complexity index is 395. The van der Waals surface area contributed by atoms with E-state index in [1.54, 1.807) is 0 Å². The van der Waals surface area contributed by atoms with Gasteiger partial charge >= 0.3 is 0 Å². The maximum absolute atomic E-state index is 4.63. The highest BCUT2D eigenvalue weighted by Crippen LogP contribution is 2.12. The minimum Gasteiger partial charge on any atom is -0.378 e. The summed E-state index contributed by atoms with van der Waals surface area (Å²) in [6.07, 6.45) is 0.971. The van der Waals surface area contributed by atoms with Crippen molar-refractivity contribution in [2.75, 3.05) is 53.7 Å². The summed E-state index contributed by atoms with van der Waals surface area (Å²) in [5, 5.41) is 0. The summed E-state index contributed by atoms with van der Waals surface area (Å²) in [7, 11) is 12.2. The lowest BCUT2D eigenvalue weighted by atomic mass is 10.1. The maximum Gasteiger partial charge on any atom is 0.195 e. The van der Waals surface area contributed by atoms with E-state index in [2.05, 4.69) is 48.3 Å². The average molecular weight is 262 g/mol. The van der Waals surface area contributed by atoms with E-state index in [0.717, 1.165) is 18.9 Å². The molecule has 4 nitrogen and oxygen atoms in total. The van der Waals surface area contributed by atoms with Gasteiger partial charge in [0, 0.05) is 54.5 Å². The summed E-state index contributed by atoms with van der Waals surface area (Å²) >= 11 is 0. The third-order valence-corrected chi connectivity index (χ3v) is 2.91. The van der Waals surface area contributed by atoms with E-state index in [1.807, 2.05) is 38.0 Å². The first-order valence-corrected chi connectivity index (χ1v) is 6.57. The van der Waals surface area contributed by atoms with Crippen LogP contribution in [0, 0.1) is 0 Å². The van der Waals surface area contributed by atoms with Crippen LogP contribution in [-0.2, 0) is 6.42 Å². The standard InChI is InChI=1S/C15H26N4/c1-17(2)14-9-7-13(8-10-14)11-12-16-15(18(3)4)19(5)6/h7-10H,11-12H2,1-6H3. The predicted octanol–water partition coefficient (Wildman–Crippen LogP) is 1.77. The number of benzene rings is 1. The number of anilines is 1. The zero-order valence-electron chi connectivity index (χ0n) is 13.0. The van der Waals surface area contributed by atoms with Crippen molar-refractivity contribution in [1.82, 2.24) is 9.80 Å². The molecule has 0 amide bonds. The summed E-state index contributed by atoms with van der Waals surface area (Å²) in [6, 6.07) is 8.65. The molecule has 0 aliphatic heterocycles. The van der Waals surface area contributed by atoms with E-state index >= 15 is 0 Å². The van der Waals surface area contributed by atoms with Gasteiger partial charge in [-0.05, 0) is 24.1 Å². The third-order valence-electron chi connectivity index (χ3n) is 2.91. The normalized spacial score (nSPS) is 10.0.